The van der Waals surface area contributed by atoms with Crippen molar-refractivity contribution in [3.05, 3.63) is 41.6 Å². The molecular formula is C15H16F3N3O4S. The maximum absolute atomic E-state index is 12.7. The summed E-state index contributed by atoms with van der Waals surface area (Å²) in [5.41, 5.74) is -0.837. The molecule has 0 amide bonds. The number of hydrogen-bond donors (Lipinski definition) is 0. The number of rotatable bonds is 5. The third-order valence-corrected chi connectivity index (χ3v) is 4.64. The van der Waals surface area contributed by atoms with Gasteiger partial charge < -0.3 is 4.74 Å². The van der Waals surface area contributed by atoms with Crippen LogP contribution in [0.5, 0.6) is 0 Å². The van der Waals surface area contributed by atoms with Crippen LogP contribution in [0, 0.1) is 0 Å². The van der Waals surface area contributed by atoms with Gasteiger partial charge in [0.05, 0.1) is 30.3 Å². The van der Waals surface area contributed by atoms with Crippen LogP contribution in [0.2, 0.25) is 0 Å². The molecule has 7 nitrogen and oxygen atoms in total. The Balaban J connectivity index is 2.60. The molecule has 1 aromatic heterocycles. The van der Waals surface area contributed by atoms with E-state index in [0.29, 0.717) is 0 Å². The Labute approximate surface area is 148 Å². The standard InChI is InChI=1S/C15H16F3N3O4S/c1-4-25-14(22)12-9-19-21(13(12)20(2)26(3,23)24)11-7-5-10(6-8-11)15(16,17)18/h5-9H,4H2,1-3H3. The van der Waals surface area contributed by atoms with E-state index in [2.05, 4.69) is 5.10 Å². The Hall–Kier alpha value is -2.56. The van der Waals surface area contributed by atoms with E-state index in [0.717, 1.165) is 45.7 Å². The average Bonchev–Trinajstić information content (AvgIpc) is 2.97. The molecule has 0 atom stereocenters. The molecule has 0 aliphatic carbocycles. The molecule has 0 unspecified atom stereocenters. The lowest BCUT2D eigenvalue weighted by molar-refractivity contribution is -0.137. The normalized spacial score (nSPS) is 12.1. The highest BCUT2D eigenvalue weighted by Gasteiger charge is 2.31. The van der Waals surface area contributed by atoms with E-state index in [1.54, 1.807) is 6.92 Å². The van der Waals surface area contributed by atoms with Crippen molar-refractivity contribution in [1.82, 2.24) is 9.78 Å². The number of esters is 1. The molecule has 0 saturated carbocycles. The minimum atomic E-state index is -4.51. The van der Waals surface area contributed by atoms with Gasteiger partial charge in [0.2, 0.25) is 10.0 Å². The van der Waals surface area contributed by atoms with Crippen molar-refractivity contribution in [2.24, 2.45) is 0 Å². The molecular weight excluding hydrogens is 375 g/mol. The van der Waals surface area contributed by atoms with Crippen molar-refractivity contribution < 1.29 is 31.1 Å². The monoisotopic (exact) mass is 391 g/mol. The molecule has 0 spiro atoms. The van der Waals surface area contributed by atoms with Crippen molar-refractivity contribution >= 4 is 21.8 Å². The fourth-order valence-electron chi connectivity index (χ4n) is 2.14. The third-order valence-electron chi connectivity index (χ3n) is 3.47. The second-order valence-electron chi connectivity index (χ2n) is 5.29. The summed E-state index contributed by atoms with van der Waals surface area (Å²) in [6.45, 7) is 1.64. The Kier molecular flexibility index (Phi) is 5.31. The number of alkyl halides is 3. The van der Waals surface area contributed by atoms with Gasteiger partial charge in [-0.1, -0.05) is 0 Å². The number of carbonyl (C=O) groups excluding carboxylic acids is 1. The number of aromatic nitrogens is 2. The summed E-state index contributed by atoms with van der Waals surface area (Å²) in [5, 5.41) is 3.94. The van der Waals surface area contributed by atoms with Gasteiger partial charge in [-0.25, -0.2) is 17.9 Å². The summed E-state index contributed by atoms with van der Waals surface area (Å²) in [5.74, 6) is -0.929. The van der Waals surface area contributed by atoms with Gasteiger partial charge in [0.15, 0.2) is 5.82 Å². The van der Waals surface area contributed by atoms with Gasteiger partial charge in [0, 0.05) is 7.05 Å². The van der Waals surface area contributed by atoms with Gasteiger partial charge in [0.1, 0.15) is 5.56 Å². The fourth-order valence-corrected chi connectivity index (χ4v) is 2.63. The van der Waals surface area contributed by atoms with Crippen LogP contribution in [0.4, 0.5) is 19.0 Å². The van der Waals surface area contributed by atoms with Crippen LogP contribution in [-0.2, 0) is 20.9 Å². The first kappa shape index (κ1) is 19.8. The van der Waals surface area contributed by atoms with Gasteiger partial charge in [0.25, 0.3) is 0 Å². The number of ether oxygens (including phenoxy) is 1. The minimum Gasteiger partial charge on any atom is -0.462 e. The molecule has 11 heteroatoms. The summed E-state index contributed by atoms with van der Waals surface area (Å²) in [4.78, 5) is 12.1. The van der Waals surface area contributed by atoms with Gasteiger partial charge in [-0.15, -0.1) is 0 Å². The van der Waals surface area contributed by atoms with Crippen molar-refractivity contribution in [1.29, 1.82) is 0 Å². The van der Waals surface area contributed by atoms with E-state index in [4.69, 9.17) is 4.74 Å². The zero-order valence-corrected chi connectivity index (χ0v) is 14.9. The number of carbonyl (C=O) groups is 1. The van der Waals surface area contributed by atoms with Crippen LogP contribution in [-0.4, -0.2) is 44.1 Å². The van der Waals surface area contributed by atoms with E-state index in [1.807, 2.05) is 0 Å². The van der Waals surface area contributed by atoms with E-state index in [1.165, 1.54) is 7.05 Å². The predicted octanol–water partition coefficient (Wildman–Crippen LogP) is 2.46. The van der Waals surface area contributed by atoms with Crippen LogP contribution < -0.4 is 4.31 Å². The number of benzene rings is 1. The van der Waals surface area contributed by atoms with Gasteiger partial charge in [-0.2, -0.15) is 18.3 Å². The lowest BCUT2D eigenvalue weighted by Gasteiger charge is -2.19. The lowest BCUT2D eigenvalue weighted by Crippen LogP contribution is -2.29. The molecule has 0 radical (unpaired) electrons. The smallest absolute Gasteiger partial charge is 0.416 e. The highest BCUT2D eigenvalue weighted by Crippen LogP contribution is 2.31. The fraction of sp³-hybridized carbons (Fsp3) is 0.333. The van der Waals surface area contributed by atoms with Crippen LogP contribution in [0.25, 0.3) is 5.69 Å². The highest BCUT2D eigenvalue weighted by molar-refractivity contribution is 7.92. The van der Waals surface area contributed by atoms with Gasteiger partial charge >= 0.3 is 12.1 Å². The zero-order valence-electron chi connectivity index (χ0n) is 14.1. The number of halogens is 3. The summed E-state index contributed by atoms with van der Waals surface area (Å²) in [6.07, 6.45) is -2.48. The lowest BCUT2D eigenvalue weighted by atomic mass is 10.2. The predicted molar refractivity (Wildman–Crippen MR) is 87.8 cm³/mol. The van der Waals surface area contributed by atoms with E-state index >= 15 is 0 Å². The first-order chi connectivity index (χ1) is 12.0. The zero-order chi connectivity index (χ0) is 19.7. The number of hydrogen-bond acceptors (Lipinski definition) is 5. The SMILES string of the molecule is CCOC(=O)c1cnn(-c2ccc(C(F)(F)F)cc2)c1N(C)S(C)(=O)=O. The Morgan fingerprint density at radius 2 is 1.85 bits per heavy atom. The van der Waals surface area contributed by atoms with Crippen LogP contribution >= 0.6 is 0 Å². The van der Waals surface area contributed by atoms with Crippen molar-refractivity contribution in [2.75, 3.05) is 24.2 Å². The quantitative estimate of drug-likeness (QED) is 0.732. The Morgan fingerprint density at radius 3 is 2.31 bits per heavy atom. The van der Waals surface area contributed by atoms with E-state index in [-0.39, 0.29) is 23.7 Å². The second kappa shape index (κ2) is 6.98. The number of anilines is 1. The molecule has 2 aromatic rings. The molecule has 0 aliphatic rings. The molecule has 0 fully saturated rings. The highest BCUT2D eigenvalue weighted by atomic mass is 32.2. The molecule has 1 heterocycles. The Bertz CT molecular complexity index is 905. The average molecular weight is 391 g/mol. The summed E-state index contributed by atoms with van der Waals surface area (Å²) < 4.78 is 68.7. The summed E-state index contributed by atoms with van der Waals surface area (Å²) >= 11 is 0. The van der Waals surface area contributed by atoms with E-state index in [9.17, 15) is 26.4 Å². The molecule has 0 bridgehead atoms. The first-order valence-electron chi connectivity index (χ1n) is 7.33. The molecule has 0 N–H and O–H groups in total. The largest absolute Gasteiger partial charge is 0.462 e. The van der Waals surface area contributed by atoms with Crippen molar-refractivity contribution in [3.63, 3.8) is 0 Å². The summed E-state index contributed by atoms with van der Waals surface area (Å²) in [7, 11) is -2.57. The molecule has 26 heavy (non-hydrogen) atoms. The van der Waals surface area contributed by atoms with Crippen molar-refractivity contribution in [3.8, 4) is 5.69 Å². The topological polar surface area (TPSA) is 81.5 Å². The van der Waals surface area contributed by atoms with Crippen LogP contribution in [0.15, 0.2) is 30.5 Å². The van der Waals surface area contributed by atoms with Gasteiger partial charge in [-0.05, 0) is 31.2 Å². The molecule has 0 aliphatic heterocycles. The maximum Gasteiger partial charge on any atom is 0.416 e. The van der Waals surface area contributed by atoms with Crippen LogP contribution in [0.1, 0.15) is 22.8 Å². The molecule has 142 valence electrons. The van der Waals surface area contributed by atoms with Crippen molar-refractivity contribution in [2.45, 2.75) is 13.1 Å². The van der Waals surface area contributed by atoms with Gasteiger partial charge in [-0.3, -0.25) is 4.31 Å². The summed E-state index contributed by atoms with van der Waals surface area (Å²) in [6, 6.07) is 3.94. The molecule has 2 rings (SSSR count). The second-order valence-corrected chi connectivity index (χ2v) is 7.30. The molecule has 0 saturated heterocycles. The van der Waals surface area contributed by atoms with Crippen LogP contribution in [0.3, 0.4) is 0 Å². The minimum absolute atomic E-state index is 0.0618. The number of nitrogens with zero attached hydrogens (tertiary/aromatic N) is 3. The third kappa shape index (κ3) is 3.98. The Morgan fingerprint density at radius 1 is 1.27 bits per heavy atom. The maximum atomic E-state index is 12.7. The number of sulfonamides is 1. The van der Waals surface area contributed by atoms with E-state index < -0.39 is 27.7 Å². The molecule has 1 aromatic carbocycles. The first-order valence-corrected chi connectivity index (χ1v) is 9.18.